The average Bonchev–Trinajstić information content (AvgIpc) is 2.46. The quantitative estimate of drug-likeness (QED) is 0.822. The van der Waals surface area contributed by atoms with E-state index in [1.54, 1.807) is 7.11 Å². The first-order valence-corrected chi connectivity index (χ1v) is 7.38. The maximum absolute atomic E-state index is 11.5. The smallest absolute Gasteiger partial charge is 0.222 e. The minimum atomic E-state index is -0.258. The number of nitrogens with two attached hydrogens (primary N) is 2. The second-order valence-corrected chi connectivity index (χ2v) is 5.87. The van der Waals surface area contributed by atoms with Crippen molar-refractivity contribution in [1.29, 1.82) is 0 Å². The van der Waals surface area contributed by atoms with Crippen LogP contribution >= 0.6 is 12.2 Å². The van der Waals surface area contributed by atoms with E-state index >= 15 is 0 Å². The molecular weight excluding hydrogens is 286 g/mol. The predicted molar refractivity (Wildman–Crippen MR) is 87.6 cm³/mol. The summed E-state index contributed by atoms with van der Waals surface area (Å²) in [5, 5.41) is 0. The predicted octanol–water partition coefficient (Wildman–Crippen LogP) is 1.42. The maximum Gasteiger partial charge on any atom is 0.222 e. The Morgan fingerprint density at radius 1 is 1.38 bits per heavy atom. The molecule has 2 atom stereocenters. The molecule has 114 valence electrons. The molecule has 21 heavy (non-hydrogen) atoms. The molecule has 1 aromatic carbocycles. The Kier molecular flexibility index (Phi) is 4.67. The maximum atomic E-state index is 11.5. The molecular formula is C15H21N3O2S. The zero-order chi connectivity index (χ0) is 15.6. The molecule has 0 bridgehead atoms. The van der Waals surface area contributed by atoms with Crippen LogP contribution in [0.2, 0.25) is 0 Å². The van der Waals surface area contributed by atoms with Gasteiger partial charge in [0.1, 0.15) is 10.7 Å². The second kappa shape index (κ2) is 6.30. The topological polar surface area (TPSA) is 81.6 Å². The highest BCUT2D eigenvalue weighted by atomic mass is 32.1. The van der Waals surface area contributed by atoms with Crippen molar-refractivity contribution in [2.45, 2.75) is 25.8 Å². The van der Waals surface area contributed by atoms with Gasteiger partial charge in [-0.2, -0.15) is 0 Å². The van der Waals surface area contributed by atoms with Gasteiger partial charge in [0.2, 0.25) is 5.91 Å². The highest BCUT2D eigenvalue weighted by Crippen LogP contribution is 2.32. The van der Waals surface area contributed by atoms with Gasteiger partial charge in [-0.05, 0) is 31.9 Å². The summed E-state index contributed by atoms with van der Waals surface area (Å²) in [5.74, 6) is 0.330. The normalized spacial score (nSPS) is 21.9. The number of hydrogen-bond acceptors (Lipinski definition) is 4. The number of benzene rings is 1. The Labute approximate surface area is 130 Å². The molecule has 0 spiro atoms. The number of amides is 1. The van der Waals surface area contributed by atoms with Gasteiger partial charge in [-0.1, -0.05) is 12.2 Å². The molecule has 0 radical (unpaired) electrons. The summed E-state index contributed by atoms with van der Waals surface area (Å²) in [6, 6.07) is 5.89. The van der Waals surface area contributed by atoms with Gasteiger partial charge >= 0.3 is 0 Å². The molecule has 6 heteroatoms. The van der Waals surface area contributed by atoms with Crippen LogP contribution in [-0.4, -0.2) is 30.6 Å². The molecule has 1 amide bonds. The van der Waals surface area contributed by atoms with Gasteiger partial charge in [0, 0.05) is 24.2 Å². The summed E-state index contributed by atoms with van der Waals surface area (Å²) in [6.45, 7) is 2.71. The second-order valence-electron chi connectivity index (χ2n) is 5.43. The Hall–Kier alpha value is -1.82. The van der Waals surface area contributed by atoms with Gasteiger partial charge < -0.3 is 21.1 Å². The van der Waals surface area contributed by atoms with E-state index in [2.05, 4.69) is 11.8 Å². The molecule has 1 aliphatic heterocycles. The standard InChI is InChI=1S/C15H21N3O2S/c1-9-3-4-10(14(16)19)8-18(9)13-7-11(20-2)5-6-12(13)15(17)21/h5-7,9-10H,3-4,8H2,1-2H3,(H2,16,19)(H2,17,21). The van der Waals surface area contributed by atoms with Crippen LogP contribution in [0.25, 0.3) is 0 Å². The van der Waals surface area contributed by atoms with Crippen molar-refractivity contribution in [3.05, 3.63) is 23.8 Å². The lowest BCUT2D eigenvalue weighted by atomic mass is 9.91. The number of methoxy groups -OCH3 is 1. The van der Waals surface area contributed by atoms with E-state index in [1.165, 1.54) is 0 Å². The molecule has 5 nitrogen and oxygen atoms in total. The van der Waals surface area contributed by atoms with Crippen molar-refractivity contribution < 1.29 is 9.53 Å². The third-order valence-corrected chi connectivity index (χ3v) is 4.28. The van der Waals surface area contributed by atoms with Crippen LogP contribution in [0.3, 0.4) is 0 Å². The van der Waals surface area contributed by atoms with Crippen LogP contribution in [0.4, 0.5) is 5.69 Å². The molecule has 0 aliphatic carbocycles. The number of carbonyl (C=O) groups is 1. The van der Waals surface area contributed by atoms with Gasteiger partial charge in [-0.3, -0.25) is 4.79 Å². The largest absolute Gasteiger partial charge is 0.497 e. The summed E-state index contributed by atoms with van der Waals surface area (Å²) >= 11 is 5.14. The van der Waals surface area contributed by atoms with Gasteiger partial charge in [-0.15, -0.1) is 0 Å². The molecule has 4 N–H and O–H groups in total. The van der Waals surface area contributed by atoms with Crippen molar-refractivity contribution in [3.8, 4) is 5.75 Å². The number of rotatable bonds is 4. The minimum absolute atomic E-state index is 0.147. The lowest BCUT2D eigenvalue weighted by Gasteiger charge is -2.39. The molecule has 1 aliphatic rings. The average molecular weight is 307 g/mol. The molecule has 1 fully saturated rings. The zero-order valence-corrected chi connectivity index (χ0v) is 13.2. The number of nitrogens with zero attached hydrogens (tertiary/aromatic N) is 1. The van der Waals surface area contributed by atoms with Crippen molar-refractivity contribution >= 4 is 28.8 Å². The number of ether oxygens (including phenoxy) is 1. The first-order chi connectivity index (χ1) is 9.93. The van der Waals surface area contributed by atoms with E-state index in [9.17, 15) is 4.79 Å². The van der Waals surface area contributed by atoms with Crippen LogP contribution in [0.15, 0.2) is 18.2 Å². The first-order valence-electron chi connectivity index (χ1n) is 6.97. The van der Waals surface area contributed by atoms with E-state index < -0.39 is 0 Å². The molecule has 1 saturated heterocycles. The lowest BCUT2D eigenvalue weighted by Crippen LogP contribution is -2.46. The van der Waals surface area contributed by atoms with Crippen LogP contribution in [-0.2, 0) is 4.79 Å². The molecule has 1 aromatic rings. The molecule has 2 unspecified atom stereocenters. The van der Waals surface area contributed by atoms with Crippen LogP contribution in [0.1, 0.15) is 25.3 Å². The van der Waals surface area contributed by atoms with Gasteiger partial charge in [0.15, 0.2) is 0 Å². The summed E-state index contributed by atoms with van der Waals surface area (Å²) in [6.07, 6.45) is 1.72. The van der Waals surface area contributed by atoms with E-state index in [0.29, 0.717) is 17.6 Å². The summed E-state index contributed by atoms with van der Waals surface area (Å²) < 4.78 is 5.29. The Morgan fingerprint density at radius 3 is 2.67 bits per heavy atom. The number of piperidine rings is 1. The van der Waals surface area contributed by atoms with Crippen molar-refractivity contribution in [3.63, 3.8) is 0 Å². The number of carbonyl (C=O) groups excluding carboxylic acids is 1. The molecule has 0 aromatic heterocycles. The molecule has 1 heterocycles. The van der Waals surface area contributed by atoms with Gasteiger partial charge in [0.25, 0.3) is 0 Å². The summed E-state index contributed by atoms with van der Waals surface area (Å²) in [7, 11) is 1.62. The number of hydrogen-bond donors (Lipinski definition) is 2. The van der Waals surface area contributed by atoms with E-state index in [0.717, 1.165) is 29.8 Å². The van der Waals surface area contributed by atoms with Crippen molar-refractivity contribution in [1.82, 2.24) is 0 Å². The number of anilines is 1. The van der Waals surface area contributed by atoms with E-state index in [-0.39, 0.29) is 11.8 Å². The Morgan fingerprint density at radius 2 is 2.10 bits per heavy atom. The number of primary amides is 1. The monoisotopic (exact) mass is 307 g/mol. The SMILES string of the molecule is COc1ccc(C(N)=S)c(N2CC(C(N)=O)CCC2C)c1. The van der Waals surface area contributed by atoms with E-state index in [1.807, 2.05) is 18.2 Å². The Bertz CT molecular complexity index is 562. The fraction of sp³-hybridized carbons (Fsp3) is 0.467. The van der Waals surface area contributed by atoms with Crippen LogP contribution in [0, 0.1) is 5.92 Å². The first kappa shape index (κ1) is 15.6. The third kappa shape index (κ3) is 3.26. The molecule has 0 saturated carbocycles. The zero-order valence-electron chi connectivity index (χ0n) is 12.3. The van der Waals surface area contributed by atoms with E-state index in [4.69, 9.17) is 28.4 Å². The minimum Gasteiger partial charge on any atom is -0.497 e. The van der Waals surface area contributed by atoms with Gasteiger partial charge in [-0.25, -0.2) is 0 Å². The fourth-order valence-electron chi connectivity index (χ4n) is 2.76. The summed E-state index contributed by atoms with van der Waals surface area (Å²) in [4.78, 5) is 14.0. The lowest BCUT2D eigenvalue weighted by molar-refractivity contribution is -0.122. The van der Waals surface area contributed by atoms with Crippen molar-refractivity contribution in [2.75, 3.05) is 18.6 Å². The Balaban J connectivity index is 2.41. The van der Waals surface area contributed by atoms with Crippen molar-refractivity contribution in [2.24, 2.45) is 17.4 Å². The highest BCUT2D eigenvalue weighted by Gasteiger charge is 2.30. The molecule has 2 rings (SSSR count). The third-order valence-electron chi connectivity index (χ3n) is 4.06. The number of thiocarbonyl (C=S) groups is 1. The van der Waals surface area contributed by atoms with Crippen LogP contribution < -0.4 is 21.1 Å². The highest BCUT2D eigenvalue weighted by molar-refractivity contribution is 7.80. The van der Waals surface area contributed by atoms with Gasteiger partial charge in [0.05, 0.1) is 18.7 Å². The fourth-order valence-corrected chi connectivity index (χ4v) is 2.93. The summed E-state index contributed by atoms with van der Waals surface area (Å²) in [5.41, 5.74) is 13.0. The van der Waals surface area contributed by atoms with Crippen LogP contribution in [0.5, 0.6) is 5.75 Å².